The Kier molecular flexibility index (Phi) is 4.33. The molecule has 0 spiro atoms. The van der Waals surface area contributed by atoms with E-state index in [9.17, 15) is 4.79 Å². The van der Waals surface area contributed by atoms with Crippen molar-refractivity contribution in [2.24, 2.45) is 7.05 Å². The van der Waals surface area contributed by atoms with Gasteiger partial charge in [0.2, 0.25) is 11.1 Å². The second-order valence-electron chi connectivity index (χ2n) is 6.56. The summed E-state index contributed by atoms with van der Waals surface area (Å²) in [5.74, 6) is 0.527. The van der Waals surface area contributed by atoms with E-state index in [0.717, 1.165) is 41.5 Å². The molecule has 6 nitrogen and oxygen atoms in total. The standard InChI is InChI=1S/C18H21N5OS/c1-12-7-5-6-10-23(12)15(24)11-25-18-19-17-16(20-21-18)13-8-3-4-9-14(13)22(17)2/h3-4,8-9,12H,5-7,10-11H2,1-2H3. The molecule has 1 atom stereocenters. The van der Waals surface area contributed by atoms with Crippen LogP contribution in [0, 0.1) is 0 Å². The predicted octanol–water partition coefficient (Wildman–Crippen LogP) is 3.01. The molecule has 7 heteroatoms. The van der Waals surface area contributed by atoms with E-state index in [1.54, 1.807) is 0 Å². The first kappa shape index (κ1) is 16.3. The molecule has 1 aliphatic heterocycles. The number of carbonyl (C=O) groups excluding carboxylic acids is 1. The Morgan fingerprint density at radius 1 is 1.28 bits per heavy atom. The first-order valence-electron chi connectivity index (χ1n) is 8.65. The molecule has 0 saturated carbocycles. The molecule has 0 N–H and O–H groups in total. The van der Waals surface area contributed by atoms with E-state index >= 15 is 0 Å². The van der Waals surface area contributed by atoms with Gasteiger partial charge >= 0.3 is 0 Å². The summed E-state index contributed by atoms with van der Waals surface area (Å²) < 4.78 is 2.03. The molecule has 1 unspecified atom stereocenters. The zero-order valence-electron chi connectivity index (χ0n) is 14.5. The van der Waals surface area contributed by atoms with Gasteiger partial charge in [-0.1, -0.05) is 30.0 Å². The Bertz CT molecular complexity index is 938. The van der Waals surface area contributed by atoms with Gasteiger partial charge in [0.25, 0.3) is 0 Å². The molecule has 0 radical (unpaired) electrons. The van der Waals surface area contributed by atoms with E-state index < -0.39 is 0 Å². The Morgan fingerprint density at radius 2 is 2.12 bits per heavy atom. The summed E-state index contributed by atoms with van der Waals surface area (Å²) in [6.07, 6.45) is 3.40. The summed E-state index contributed by atoms with van der Waals surface area (Å²) in [4.78, 5) is 19.1. The second kappa shape index (κ2) is 6.63. The number of hydrogen-bond donors (Lipinski definition) is 0. The smallest absolute Gasteiger partial charge is 0.233 e. The van der Waals surface area contributed by atoms with E-state index in [4.69, 9.17) is 0 Å². The van der Waals surface area contributed by atoms with Crippen LogP contribution in [0.3, 0.4) is 0 Å². The van der Waals surface area contributed by atoms with Crippen molar-refractivity contribution in [3.05, 3.63) is 24.3 Å². The highest BCUT2D eigenvalue weighted by atomic mass is 32.2. The third-order valence-corrected chi connectivity index (χ3v) is 5.76. The van der Waals surface area contributed by atoms with Crippen LogP contribution >= 0.6 is 11.8 Å². The average Bonchev–Trinajstić information content (AvgIpc) is 2.93. The van der Waals surface area contributed by atoms with Crippen LogP contribution in [-0.4, -0.2) is 48.9 Å². The number of aromatic nitrogens is 4. The largest absolute Gasteiger partial charge is 0.339 e. The number of piperidine rings is 1. The number of nitrogens with zero attached hydrogens (tertiary/aromatic N) is 5. The lowest BCUT2D eigenvalue weighted by atomic mass is 10.0. The molecule has 1 saturated heterocycles. The second-order valence-corrected chi connectivity index (χ2v) is 7.51. The summed E-state index contributed by atoms with van der Waals surface area (Å²) in [6, 6.07) is 8.41. The Balaban J connectivity index is 1.55. The minimum atomic E-state index is 0.165. The average molecular weight is 355 g/mol. The van der Waals surface area contributed by atoms with Crippen LogP contribution in [0.4, 0.5) is 0 Å². The van der Waals surface area contributed by atoms with E-state index in [2.05, 4.69) is 22.1 Å². The predicted molar refractivity (Wildman–Crippen MR) is 99.6 cm³/mol. The van der Waals surface area contributed by atoms with Crippen LogP contribution < -0.4 is 0 Å². The van der Waals surface area contributed by atoms with Crippen LogP contribution in [0.25, 0.3) is 22.1 Å². The van der Waals surface area contributed by atoms with Gasteiger partial charge in [0.15, 0.2) is 5.65 Å². The van der Waals surface area contributed by atoms with Crippen LogP contribution in [0.5, 0.6) is 0 Å². The molecule has 1 amide bonds. The van der Waals surface area contributed by atoms with Crippen molar-refractivity contribution in [3.8, 4) is 0 Å². The number of benzene rings is 1. The Hall–Kier alpha value is -2.15. The van der Waals surface area contributed by atoms with Crippen molar-refractivity contribution in [3.63, 3.8) is 0 Å². The van der Waals surface area contributed by atoms with Crippen molar-refractivity contribution >= 4 is 39.7 Å². The van der Waals surface area contributed by atoms with Gasteiger partial charge in [-0.05, 0) is 32.3 Å². The molecule has 1 aromatic carbocycles. The topological polar surface area (TPSA) is 63.9 Å². The number of fused-ring (bicyclic) bond motifs is 3. The van der Waals surface area contributed by atoms with Crippen LogP contribution in [0.2, 0.25) is 0 Å². The number of amides is 1. The summed E-state index contributed by atoms with van der Waals surface area (Å²) >= 11 is 1.37. The molecule has 1 aliphatic rings. The molecule has 25 heavy (non-hydrogen) atoms. The maximum atomic E-state index is 12.5. The number of rotatable bonds is 3. The van der Waals surface area contributed by atoms with Crippen molar-refractivity contribution in [1.82, 2.24) is 24.6 Å². The number of aryl methyl sites for hydroxylation is 1. The van der Waals surface area contributed by atoms with E-state index in [-0.39, 0.29) is 5.91 Å². The van der Waals surface area contributed by atoms with Gasteiger partial charge in [0.05, 0.1) is 11.3 Å². The molecule has 3 aromatic rings. The Morgan fingerprint density at radius 3 is 2.96 bits per heavy atom. The summed E-state index contributed by atoms with van der Waals surface area (Å²) in [5, 5.41) is 10.2. The van der Waals surface area contributed by atoms with E-state index in [0.29, 0.717) is 17.0 Å². The fourth-order valence-corrected chi connectivity index (χ4v) is 4.20. The van der Waals surface area contributed by atoms with Gasteiger partial charge in [-0.15, -0.1) is 10.2 Å². The summed E-state index contributed by atoms with van der Waals surface area (Å²) in [5.41, 5.74) is 2.69. The van der Waals surface area contributed by atoms with Crippen molar-refractivity contribution in [1.29, 1.82) is 0 Å². The molecule has 0 aliphatic carbocycles. The van der Waals surface area contributed by atoms with Gasteiger partial charge in [0, 0.05) is 25.0 Å². The maximum absolute atomic E-state index is 12.5. The lowest BCUT2D eigenvalue weighted by Crippen LogP contribution is -2.42. The highest BCUT2D eigenvalue weighted by Crippen LogP contribution is 2.26. The maximum Gasteiger partial charge on any atom is 0.233 e. The zero-order valence-corrected chi connectivity index (χ0v) is 15.3. The molecule has 4 rings (SSSR count). The quantitative estimate of drug-likeness (QED) is 0.676. The monoisotopic (exact) mass is 355 g/mol. The number of thioether (sulfide) groups is 1. The number of likely N-dealkylation sites (tertiary alicyclic amines) is 1. The van der Waals surface area contributed by atoms with Crippen LogP contribution in [0.15, 0.2) is 29.4 Å². The molecule has 3 heterocycles. The summed E-state index contributed by atoms with van der Waals surface area (Å²) in [7, 11) is 1.98. The SMILES string of the molecule is CC1CCCCN1C(=O)CSc1nnc2c3ccccc3n(C)c2n1. The number of carbonyl (C=O) groups is 1. The van der Waals surface area contributed by atoms with Crippen molar-refractivity contribution in [2.45, 2.75) is 37.4 Å². The van der Waals surface area contributed by atoms with Crippen LogP contribution in [-0.2, 0) is 11.8 Å². The number of para-hydroxylation sites is 1. The first-order chi connectivity index (χ1) is 12.1. The van der Waals surface area contributed by atoms with Gasteiger partial charge < -0.3 is 9.47 Å². The lowest BCUT2D eigenvalue weighted by molar-refractivity contribution is -0.131. The van der Waals surface area contributed by atoms with Crippen molar-refractivity contribution < 1.29 is 4.79 Å². The fourth-order valence-electron chi connectivity index (χ4n) is 3.53. The van der Waals surface area contributed by atoms with Crippen LogP contribution in [0.1, 0.15) is 26.2 Å². The van der Waals surface area contributed by atoms with Gasteiger partial charge in [0.1, 0.15) is 5.52 Å². The van der Waals surface area contributed by atoms with Gasteiger partial charge in [-0.3, -0.25) is 4.79 Å². The van der Waals surface area contributed by atoms with E-state index in [1.165, 1.54) is 18.2 Å². The van der Waals surface area contributed by atoms with Crippen molar-refractivity contribution in [2.75, 3.05) is 12.3 Å². The third kappa shape index (κ3) is 2.97. The lowest BCUT2D eigenvalue weighted by Gasteiger charge is -2.33. The number of hydrogen-bond acceptors (Lipinski definition) is 5. The first-order valence-corrected chi connectivity index (χ1v) is 9.64. The zero-order chi connectivity index (χ0) is 17.4. The highest BCUT2D eigenvalue weighted by molar-refractivity contribution is 7.99. The molecule has 1 fully saturated rings. The minimum Gasteiger partial charge on any atom is -0.339 e. The van der Waals surface area contributed by atoms with Gasteiger partial charge in [-0.2, -0.15) is 0 Å². The Labute approximate surface area is 150 Å². The normalized spacial score (nSPS) is 18.2. The molecular formula is C18H21N5OS. The molecule has 130 valence electrons. The minimum absolute atomic E-state index is 0.165. The highest BCUT2D eigenvalue weighted by Gasteiger charge is 2.23. The fraction of sp³-hybridized carbons (Fsp3) is 0.444. The molecule has 0 bridgehead atoms. The summed E-state index contributed by atoms with van der Waals surface area (Å²) in [6.45, 7) is 2.99. The molecule has 2 aromatic heterocycles. The third-order valence-electron chi connectivity index (χ3n) is 4.94. The molecular weight excluding hydrogens is 334 g/mol. The van der Waals surface area contributed by atoms with E-state index in [1.807, 2.05) is 40.8 Å². The van der Waals surface area contributed by atoms with Gasteiger partial charge in [-0.25, -0.2) is 4.98 Å².